The van der Waals surface area contributed by atoms with E-state index in [1.165, 1.54) is 4.90 Å². The van der Waals surface area contributed by atoms with E-state index >= 15 is 0 Å². The second-order valence-electron chi connectivity index (χ2n) is 7.76. The second kappa shape index (κ2) is 11.0. The molecule has 32 heavy (non-hydrogen) atoms. The normalized spacial score (nSPS) is 12.2. The van der Waals surface area contributed by atoms with Crippen LogP contribution in [-0.2, 0) is 26.2 Å². The van der Waals surface area contributed by atoms with Crippen molar-refractivity contribution in [2.24, 2.45) is 0 Å². The average Bonchev–Trinajstić information content (AvgIpc) is 2.72. The van der Waals surface area contributed by atoms with Crippen molar-refractivity contribution in [3.8, 4) is 0 Å². The number of halogens is 1. The van der Waals surface area contributed by atoms with Crippen LogP contribution in [0.4, 0.5) is 5.69 Å². The summed E-state index contributed by atoms with van der Waals surface area (Å²) in [4.78, 5) is 27.3. The number of aryl methyl sites for hydroxylation is 2. The highest BCUT2D eigenvalue weighted by molar-refractivity contribution is 9.10. The number of sulfonamides is 1. The quantitative estimate of drug-likeness (QED) is 0.545. The van der Waals surface area contributed by atoms with Gasteiger partial charge in [0, 0.05) is 17.6 Å². The van der Waals surface area contributed by atoms with Crippen molar-refractivity contribution in [1.82, 2.24) is 10.2 Å². The molecular formula is C23H30BrN3O4S. The van der Waals surface area contributed by atoms with Gasteiger partial charge in [-0.15, -0.1) is 0 Å². The minimum Gasteiger partial charge on any atom is -0.355 e. The van der Waals surface area contributed by atoms with Crippen LogP contribution >= 0.6 is 15.9 Å². The number of benzene rings is 2. The van der Waals surface area contributed by atoms with Crippen molar-refractivity contribution in [1.29, 1.82) is 0 Å². The highest BCUT2D eigenvalue weighted by Crippen LogP contribution is 2.22. The van der Waals surface area contributed by atoms with Gasteiger partial charge in [0.2, 0.25) is 21.8 Å². The Balaban J connectivity index is 2.39. The van der Waals surface area contributed by atoms with Crippen molar-refractivity contribution >= 4 is 43.5 Å². The van der Waals surface area contributed by atoms with Crippen LogP contribution < -0.4 is 9.62 Å². The second-order valence-corrected chi connectivity index (χ2v) is 10.6. The van der Waals surface area contributed by atoms with Crippen LogP contribution in [0.1, 0.15) is 30.5 Å². The third kappa shape index (κ3) is 6.80. The lowest BCUT2D eigenvalue weighted by atomic mass is 10.1. The van der Waals surface area contributed by atoms with Gasteiger partial charge in [0.15, 0.2) is 0 Å². The standard InChI is InChI=1S/C23H30BrN3O4S/c1-6-25-23(29)18(4)26(14-19-8-10-20(24)11-9-19)22(28)15-27(32(5,30)31)21-12-7-16(2)17(3)13-21/h7-13,18H,6,14-15H2,1-5H3,(H,25,29). The highest BCUT2D eigenvalue weighted by atomic mass is 79.9. The third-order valence-electron chi connectivity index (χ3n) is 5.24. The van der Waals surface area contributed by atoms with E-state index in [9.17, 15) is 18.0 Å². The largest absolute Gasteiger partial charge is 0.355 e. The van der Waals surface area contributed by atoms with Gasteiger partial charge in [-0.25, -0.2) is 8.42 Å². The molecule has 1 N–H and O–H groups in total. The molecule has 2 aromatic carbocycles. The first-order chi connectivity index (χ1) is 14.9. The van der Waals surface area contributed by atoms with Gasteiger partial charge in [-0.3, -0.25) is 13.9 Å². The third-order valence-corrected chi connectivity index (χ3v) is 6.91. The van der Waals surface area contributed by atoms with Gasteiger partial charge < -0.3 is 10.2 Å². The minimum atomic E-state index is -3.73. The van der Waals surface area contributed by atoms with Gasteiger partial charge in [0.1, 0.15) is 12.6 Å². The lowest BCUT2D eigenvalue weighted by molar-refractivity contribution is -0.139. The van der Waals surface area contributed by atoms with Crippen molar-refractivity contribution < 1.29 is 18.0 Å². The van der Waals surface area contributed by atoms with E-state index in [-0.39, 0.29) is 12.5 Å². The first-order valence-corrected chi connectivity index (χ1v) is 12.9. The average molecular weight is 524 g/mol. The predicted octanol–water partition coefficient (Wildman–Crippen LogP) is 3.39. The molecule has 174 valence electrons. The first-order valence-electron chi connectivity index (χ1n) is 10.3. The molecular weight excluding hydrogens is 494 g/mol. The Labute approximate surface area is 199 Å². The zero-order valence-corrected chi connectivity index (χ0v) is 21.5. The summed E-state index contributed by atoms with van der Waals surface area (Å²) < 4.78 is 27.1. The zero-order chi connectivity index (χ0) is 24.1. The van der Waals surface area contributed by atoms with E-state index in [0.717, 1.165) is 31.7 Å². The number of rotatable bonds is 9. The number of carbonyl (C=O) groups excluding carboxylic acids is 2. The minimum absolute atomic E-state index is 0.176. The summed E-state index contributed by atoms with van der Waals surface area (Å²) in [5, 5.41) is 2.73. The molecule has 7 nitrogen and oxygen atoms in total. The fraction of sp³-hybridized carbons (Fsp3) is 0.391. The Bertz CT molecular complexity index is 1070. The summed E-state index contributed by atoms with van der Waals surface area (Å²) >= 11 is 3.39. The fourth-order valence-electron chi connectivity index (χ4n) is 3.19. The smallest absolute Gasteiger partial charge is 0.244 e. The van der Waals surface area contributed by atoms with Gasteiger partial charge >= 0.3 is 0 Å². The Morgan fingerprint density at radius 3 is 2.22 bits per heavy atom. The summed E-state index contributed by atoms with van der Waals surface area (Å²) in [7, 11) is -3.73. The van der Waals surface area contributed by atoms with Gasteiger partial charge in [-0.2, -0.15) is 0 Å². The van der Waals surface area contributed by atoms with E-state index in [0.29, 0.717) is 12.2 Å². The summed E-state index contributed by atoms with van der Waals surface area (Å²) in [6, 6.07) is 11.9. The van der Waals surface area contributed by atoms with Crippen molar-refractivity contribution in [2.75, 3.05) is 23.7 Å². The molecule has 1 atom stereocenters. The molecule has 9 heteroatoms. The SMILES string of the molecule is CCNC(=O)C(C)N(Cc1ccc(Br)cc1)C(=O)CN(c1ccc(C)c(C)c1)S(C)(=O)=O. The van der Waals surface area contributed by atoms with Crippen LogP contribution in [0, 0.1) is 13.8 Å². The maximum absolute atomic E-state index is 13.4. The number of likely N-dealkylation sites (N-methyl/N-ethyl adjacent to an activating group) is 1. The molecule has 2 rings (SSSR count). The Hall–Kier alpha value is -2.39. The number of amides is 2. The number of carbonyl (C=O) groups is 2. The molecule has 0 aliphatic heterocycles. The number of hydrogen-bond acceptors (Lipinski definition) is 4. The molecule has 0 fully saturated rings. The van der Waals surface area contributed by atoms with E-state index in [1.54, 1.807) is 26.0 Å². The van der Waals surface area contributed by atoms with Crippen LogP contribution in [0.5, 0.6) is 0 Å². The summed E-state index contributed by atoms with van der Waals surface area (Å²) in [6.45, 7) is 7.47. The summed E-state index contributed by atoms with van der Waals surface area (Å²) in [6.07, 6.45) is 1.07. The van der Waals surface area contributed by atoms with Gasteiger partial charge in [0.05, 0.1) is 11.9 Å². The number of hydrogen-bond donors (Lipinski definition) is 1. The summed E-state index contributed by atoms with van der Waals surface area (Å²) in [5.74, 6) is -0.759. The van der Waals surface area contributed by atoms with Crippen LogP contribution in [-0.4, -0.2) is 50.5 Å². The maximum atomic E-state index is 13.4. The van der Waals surface area contributed by atoms with Crippen LogP contribution in [0.2, 0.25) is 0 Å². The van der Waals surface area contributed by atoms with Crippen LogP contribution in [0.3, 0.4) is 0 Å². The molecule has 0 aromatic heterocycles. The predicted molar refractivity (Wildman–Crippen MR) is 131 cm³/mol. The number of nitrogens with one attached hydrogen (secondary N) is 1. The van der Waals surface area contributed by atoms with Crippen molar-refractivity contribution in [3.63, 3.8) is 0 Å². The van der Waals surface area contributed by atoms with Crippen LogP contribution in [0.15, 0.2) is 46.9 Å². The van der Waals surface area contributed by atoms with Crippen molar-refractivity contribution in [2.45, 2.75) is 40.3 Å². The molecule has 2 aromatic rings. The summed E-state index contributed by atoms with van der Waals surface area (Å²) in [5.41, 5.74) is 3.19. The first kappa shape index (κ1) is 25.9. The lowest BCUT2D eigenvalue weighted by Gasteiger charge is -2.31. The number of anilines is 1. The van der Waals surface area contributed by atoms with Gasteiger partial charge in [-0.05, 0) is 68.7 Å². The molecule has 0 bridgehead atoms. The Kier molecular flexibility index (Phi) is 8.86. The van der Waals surface area contributed by atoms with E-state index < -0.39 is 28.5 Å². The monoisotopic (exact) mass is 523 g/mol. The molecule has 0 saturated carbocycles. The fourth-order valence-corrected chi connectivity index (χ4v) is 4.29. The van der Waals surface area contributed by atoms with E-state index in [1.807, 2.05) is 44.2 Å². The highest BCUT2D eigenvalue weighted by Gasteiger charge is 2.30. The van der Waals surface area contributed by atoms with Gasteiger partial charge in [0.25, 0.3) is 0 Å². The van der Waals surface area contributed by atoms with Crippen molar-refractivity contribution in [3.05, 3.63) is 63.6 Å². The molecule has 0 aliphatic rings. The zero-order valence-electron chi connectivity index (χ0n) is 19.1. The molecule has 0 heterocycles. The molecule has 2 amide bonds. The van der Waals surface area contributed by atoms with E-state index in [2.05, 4.69) is 21.2 Å². The number of nitrogens with zero attached hydrogens (tertiary/aromatic N) is 2. The molecule has 0 radical (unpaired) electrons. The molecule has 1 unspecified atom stereocenters. The van der Waals surface area contributed by atoms with Crippen LogP contribution in [0.25, 0.3) is 0 Å². The molecule has 0 aliphatic carbocycles. The topological polar surface area (TPSA) is 86.8 Å². The molecule has 0 spiro atoms. The maximum Gasteiger partial charge on any atom is 0.244 e. The lowest BCUT2D eigenvalue weighted by Crippen LogP contribution is -2.51. The Morgan fingerprint density at radius 1 is 1.06 bits per heavy atom. The van der Waals surface area contributed by atoms with Gasteiger partial charge in [-0.1, -0.05) is 34.1 Å². The van der Waals surface area contributed by atoms with E-state index in [4.69, 9.17) is 0 Å². The molecule has 0 saturated heterocycles. The Morgan fingerprint density at radius 2 is 1.69 bits per heavy atom.